The van der Waals surface area contributed by atoms with Gasteiger partial charge in [0.2, 0.25) is 0 Å². The average molecular weight is 270 g/mol. The van der Waals surface area contributed by atoms with Gasteiger partial charge >= 0.3 is 0 Å². The van der Waals surface area contributed by atoms with Crippen molar-refractivity contribution in [2.45, 2.75) is 45.2 Å². The second-order valence-corrected chi connectivity index (χ2v) is 5.73. The summed E-state index contributed by atoms with van der Waals surface area (Å²) in [6, 6.07) is 4.59. The average Bonchev–Trinajstić information content (AvgIpc) is 3.17. The van der Waals surface area contributed by atoms with Gasteiger partial charge in [0.1, 0.15) is 0 Å². The van der Waals surface area contributed by atoms with Crippen LogP contribution in [0.5, 0.6) is 0 Å². The van der Waals surface area contributed by atoms with Crippen LogP contribution >= 0.6 is 0 Å². The molecule has 1 atom stereocenters. The molecule has 3 rings (SSSR count). The molecule has 2 aromatic rings. The van der Waals surface area contributed by atoms with E-state index in [9.17, 15) is 0 Å². The number of hydrogen-bond acceptors (Lipinski definition) is 3. The van der Waals surface area contributed by atoms with Gasteiger partial charge in [-0.25, -0.2) is 0 Å². The minimum absolute atomic E-state index is 0.578. The first-order chi connectivity index (χ1) is 9.84. The van der Waals surface area contributed by atoms with Gasteiger partial charge < -0.3 is 5.32 Å². The van der Waals surface area contributed by atoms with Crippen LogP contribution in [-0.2, 0) is 6.54 Å². The fourth-order valence-corrected chi connectivity index (χ4v) is 3.10. The van der Waals surface area contributed by atoms with Crippen LogP contribution in [0.4, 0.5) is 0 Å². The van der Waals surface area contributed by atoms with Gasteiger partial charge in [0.25, 0.3) is 0 Å². The fourth-order valence-electron chi connectivity index (χ4n) is 3.10. The van der Waals surface area contributed by atoms with Gasteiger partial charge in [-0.1, -0.05) is 12.8 Å². The quantitative estimate of drug-likeness (QED) is 0.877. The third-order valence-electron chi connectivity index (χ3n) is 4.39. The fraction of sp³-hybridized carbons (Fsp3) is 0.500. The van der Waals surface area contributed by atoms with Crippen LogP contribution in [0.15, 0.2) is 30.7 Å². The van der Waals surface area contributed by atoms with E-state index in [0.29, 0.717) is 6.04 Å². The van der Waals surface area contributed by atoms with Crippen molar-refractivity contribution in [1.82, 2.24) is 20.5 Å². The molecule has 1 aliphatic rings. The van der Waals surface area contributed by atoms with E-state index in [0.717, 1.165) is 23.7 Å². The largest absolute Gasteiger partial charge is 0.310 e. The van der Waals surface area contributed by atoms with E-state index in [-0.39, 0.29) is 0 Å². The molecule has 106 valence electrons. The number of H-pyrrole nitrogens is 1. The molecule has 0 bridgehead atoms. The van der Waals surface area contributed by atoms with E-state index < -0.39 is 0 Å². The Balaban J connectivity index is 1.65. The maximum Gasteiger partial charge on any atom is 0.0710 e. The highest BCUT2D eigenvalue weighted by molar-refractivity contribution is 5.61. The van der Waals surface area contributed by atoms with Crippen molar-refractivity contribution < 1.29 is 0 Å². The molecule has 0 saturated heterocycles. The smallest absolute Gasteiger partial charge is 0.0710 e. The summed E-state index contributed by atoms with van der Waals surface area (Å²) in [6.07, 6.45) is 11.1. The summed E-state index contributed by atoms with van der Waals surface area (Å²) in [4.78, 5) is 4.17. The van der Waals surface area contributed by atoms with E-state index in [1.54, 1.807) is 6.20 Å². The number of hydrogen-bond donors (Lipinski definition) is 2. The highest BCUT2D eigenvalue weighted by Gasteiger charge is 2.21. The van der Waals surface area contributed by atoms with Gasteiger partial charge in [0.15, 0.2) is 0 Å². The minimum Gasteiger partial charge on any atom is -0.310 e. The molecule has 2 N–H and O–H groups in total. The molecule has 1 unspecified atom stereocenters. The van der Waals surface area contributed by atoms with Crippen molar-refractivity contribution in [3.63, 3.8) is 0 Å². The topological polar surface area (TPSA) is 53.6 Å². The highest BCUT2D eigenvalue weighted by atomic mass is 15.1. The number of aromatic nitrogens is 3. The molecule has 2 heterocycles. The number of nitrogens with zero attached hydrogens (tertiary/aromatic N) is 2. The Morgan fingerprint density at radius 3 is 2.95 bits per heavy atom. The molecule has 2 aromatic heterocycles. The lowest BCUT2D eigenvalue weighted by Crippen LogP contribution is -2.31. The monoisotopic (exact) mass is 270 g/mol. The number of aromatic amines is 1. The molecule has 0 aromatic carbocycles. The number of pyridine rings is 1. The summed E-state index contributed by atoms with van der Waals surface area (Å²) >= 11 is 0. The first kappa shape index (κ1) is 13.3. The Hall–Kier alpha value is -1.68. The molecule has 1 aliphatic carbocycles. The Labute approximate surface area is 120 Å². The summed E-state index contributed by atoms with van der Waals surface area (Å²) in [5.41, 5.74) is 3.38. The van der Waals surface area contributed by atoms with E-state index in [1.807, 2.05) is 18.5 Å². The van der Waals surface area contributed by atoms with E-state index in [2.05, 4.69) is 33.5 Å². The lowest BCUT2D eigenvalue weighted by molar-refractivity contribution is 0.381. The second-order valence-electron chi connectivity index (χ2n) is 5.73. The Morgan fingerprint density at radius 2 is 2.20 bits per heavy atom. The van der Waals surface area contributed by atoms with Gasteiger partial charge in [-0.3, -0.25) is 10.1 Å². The van der Waals surface area contributed by atoms with Gasteiger partial charge in [-0.2, -0.15) is 5.10 Å². The number of rotatable bonds is 5. The van der Waals surface area contributed by atoms with Crippen molar-refractivity contribution in [3.8, 4) is 11.3 Å². The molecule has 0 spiro atoms. The van der Waals surface area contributed by atoms with Crippen molar-refractivity contribution in [2.75, 3.05) is 0 Å². The molecule has 0 radical (unpaired) electrons. The zero-order valence-electron chi connectivity index (χ0n) is 12.0. The lowest BCUT2D eigenvalue weighted by Gasteiger charge is -2.20. The maximum atomic E-state index is 4.18. The zero-order chi connectivity index (χ0) is 13.8. The van der Waals surface area contributed by atoms with Crippen LogP contribution in [0.2, 0.25) is 0 Å². The van der Waals surface area contributed by atoms with Crippen molar-refractivity contribution >= 4 is 0 Å². The van der Waals surface area contributed by atoms with Crippen LogP contribution in [0.1, 0.15) is 38.2 Å². The molecule has 20 heavy (non-hydrogen) atoms. The van der Waals surface area contributed by atoms with Crippen molar-refractivity contribution in [1.29, 1.82) is 0 Å². The Bertz CT molecular complexity index is 528. The molecule has 0 aliphatic heterocycles. The van der Waals surface area contributed by atoms with Crippen LogP contribution < -0.4 is 5.32 Å². The highest BCUT2D eigenvalue weighted by Crippen LogP contribution is 2.28. The van der Waals surface area contributed by atoms with E-state index >= 15 is 0 Å². The predicted molar refractivity (Wildman–Crippen MR) is 80.1 cm³/mol. The summed E-state index contributed by atoms with van der Waals surface area (Å²) in [5, 5.41) is 10.9. The third kappa shape index (κ3) is 2.90. The van der Waals surface area contributed by atoms with Crippen LogP contribution in [0, 0.1) is 5.92 Å². The predicted octanol–water partition coefficient (Wildman–Crippen LogP) is 3.14. The summed E-state index contributed by atoms with van der Waals surface area (Å²) < 4.78 is 0. The van der Waals surface area contributed by atoms with Crippen molar-refractivity contribution in [2.24, 2.45) is 5.92 Å². The van der Waals surface area contributed by atoms with Gasteiger partial charge in [-0.05, 0) is 37.8 Å². The second kappa shape index (κ2) is 6.18. The number of nitrogens with one attached hydrogen (secondary N) is 2. The van der Waals surface area contributed by atoms with Gasteiger partial charge in [0, 0.05) is 36.1 Å². The first-order valence-electron chi connectivity index (χ1n) is 7.50. The van der Waals surface area contributed by atoms with Gasteiger partial charge in [-0.15, -0.1) is 0 Å². The van der Waals surface area contributed by atoms with Crippen LogP contribution in [0.3, 0.4) is 0 Å². The normalized spacial score (nSPS) is 17.4. The summed E-state index contributed by atoms with van der Waals surface area (Å²) in [6.45, 7) is 3.16. The lowest BCUT2D eigenvalue weighted by atomic mass is 9.99. The molecular weight excluding hydrogens is 248 g/mol. The first-order valence-corrected chi connectivity index (χ1v) is 7.50. The molecular formula is C16H22N4. The standard InChI is InChI=1S/C16H22N4/c1-12(13-5-2-3-6-13)18-10-15-11-19-20-16(15)14-7-4-8-17-9-14/h4,7-9,11-13,18H,2-3,5-6,10H2,1H3,(H,19,20). The molecule has 1 fully saturated rings. The third-order valence-corrected chi connectivity index (χ3v) is 4.39. The SMILES string of the molecule is CC(NCc1cn[nH]c1-c1cccnc1)C1CCCC1. The minimum atomic E-state index is 0.578. The zero-order valence-corrected chi connectivity index (χ0v) is 12.0. The Morgan fingerprint density at radius 1 is 1.35 bits per heavy atom. The summed E-state index contributed by atoms with van der Waals surface area (Å²) in [5.74, 6) is 0.837. The van der Waals surface area contributed by atoms with Gasteiger partial charge in [0.05, 0.1) is 11.9 Å². The van der Waals surface area contributed by atoms with E-state index in [4.69, 9.17) is 0 Å². The Kier molecular flexibility index (Phi) is 4.11. The van der Waals surface area contributed by atoms with E-state index in [1.165, 1.54) is 31.2 Å². The molecule has 4 nitrogen and oxygen atoms in total. The van der Waals surface area contributed by atoms with Crippen LogP contribution in [0.25, 0.3) is 11.3 Å². The molecule has 4 heteroatoms. The van der Waals surface area contributed by atoms with Crippen LogP contribution in [-0.4, -0.2) is 21.2 Å². The van der Waals surface area contributed by atoms with Crippen molar-refractivity contribution in [3.05, 3.63) is 36.3 Å². The molecule has 1 saturated carbocycles. The maximum absolute atomic E-state index is 4.18. The molecule has 0 amide bonds. The summed E-state index contributed by atoms with van der Waals surface area (Å²) in [7, 11) is 0.